The van der Waals surface area contributed by atoms with Crippen molar-refractivity contribution in [2.24, 2.45) is 4.99 Å². The number of halogens is 2. The van der Waals surface area contributed by atoms with Crippen LogP contribution in [0.4, 0.5) is 0 Å². The van der Waals surface area contributed by atoms with E-state index < -0.39 is 0 Å². The van der Waals surface area contributed by atoms with Crippen molar-refractivity contribution in [1.29, 1.82) is 0 Å². The van der Waals surface area contributed by atoms with Gasteiger partial charge in [0.15, 0.2) is 11.7 Å². The van der Waals surface area contributed by atoms with Crippen molar-refractivity contribution in [3.8, 4) is 17.3 Å². The van der Waals surface area contributed by atoms with E-state index in [9.17, 15) is 0 Å². The smallest absolute Gasteiger partial charge is 0.216 e. The fraction of sp³-hybridized carbons (Fsp3) is 0.350. The molecule has 8 nitrogen and oxygen atoms in total. The van der Waals surface area contributed by atoms with Crippen LogP contribution in [0.15, 0.2) is 46.0 Å². The molecule has 0 saturated heterocycles. The first-order valence-corrected chi connectivity index (χ1v) is 9.87. The van der Waals surface area contributed by atoms with Crippen LogP contribution in [0.25, 0.3) is 11.6 Å². The number of aliphatic imine (C=N–C) groups is 1. The predicted molar refractivity (Wildman–Crippen MR) is 129 cm³/mol. The third-order valence-corrected chi connectivity index (χ3v) is 4.53. The van der Waals surface area contributed by atoms with Gasteiger partial charge in [0, 0.05) is 31.1 Å². The Morgan fingerprint density at radius 1 is 1.27 bits per heavy atom. The SMILES string of the molecule is CCNC(=NCCc1nc(-c2ccco2)n[nH]1)NCCc1ccc(OC)cc1Cl.I. The Morgan fingerprint density at radius 3 is 2.83 bits per heavy atom. The summed E-state index contributed by atoms with van der Waals surface area (Å²) in [5.41, 5.74) is 1.06. The maximum absolute atomic E-state index is 6.30. The number of H-pyrrole nitrogens is 1. The Kier molecular flexibility index (Phi) is 9.95. The Balaban J connectivity index is 0.00000320. The van der Waals surface area contributed by atoms with Gasteiger partial charge in [-0.1, -0.05) is 17.7 Å². The van der Waals surface area contributed by atoms with Crippen LogP contribution in [0.5, 0.6) is 5.75 Å². The monoisotopic (exact) mass is 544 g/mol. The van der Waals surface area contributed by atoms with Crippen LogP contribution in [0.2, 0.25) is 5.02 Å². The topological polar surface area (TPSA) is 100 Å². The molecular weight excluding hydrogens is 519 g/mol. The average molecular weight is 545 g/mol. The van der Waals surface area contributed by atoms with Crippen LogP contribution in [-0.2, 0) is 12.8 Å². The molecule has 1 aromatic carbocycles. The number of hydrogen-bond donors (Lipinski definition) is 3. The molecule has 30 heavy (non-hydrogen) atoms. The van der Waals surface area contributed by atoms with Gasteiger partial charge < -0.3 is 19.8 Å². The lowest BCUT2D eigenvalue weighted by atomic mass is 10.1. The first kappa shape index (κ1) is 24.0. The van der Waals surface area contributed by atoms with E-state index in [0.717, 1.165) is 36.1 Å². The first-order chi connectivity index (χ1) is 14.2. The minimum atomic E-state index is 0. The van der Waals surface area contributed by atoms with Gasteiger partial charge in [0.2, 0.25) is 5.82 Å². The maximum Gasteiger partial charge on any atom is 0.216 e. The zero-order chi connectivity index (χ0) is 20.5. The van der Waals surface area contributed by atoms with E-state index >= 15 is 0 Å². The fourth-order valence-corrected chi connectivity index (χ4v) is 2.98. The van der Waals surface area contributed by atoms with Gasteiger partial charge in [-0.25, -0.2) is 4.98 Å². The molecule has 0 radical (unpaired) electrons. The highest BCUT2D eigenvalue weighted by atomic mass is 127. The highest BCUT2D eigenvalue weighted by Gasteiger charge is 2.08. The Bertz CT molecular complexity index is 929. The molecule has 162 valence electrons. The molecule has 3 N–H and O–H groups in total. The van der Waals surface area contributed by atoms with Crippen molar-refractivity contribution in [2.75, 3.05) is 26.7 Å². The summed E-state index contributed by atoms with van der Waals surface area (Å²) < 4.78 is 10.5. The minimum absolute atomic E-state index is 0. The molecule has 2 aromatic heterocycles. The molecule has 0 aliphatic carbocycles. The molecule has 0 atom stereocenters. The number of rotatable bonds is 9. The summed E-state index contributed by atoms with van der Waals surface area (Å²) in [7, 11) is 1.63. The van der Waals surface area contributed by atoms with Crippen molar-refractivity contribution in [3.63, 3.8) is 0 Å². The molecule has 10 heteroatoms. The van der Waals surface area contributed by atoms with E-state index in [0.29, 0.717) is 36.1 Å². The predicted octanol–water partition coefficient (Wildman–Crippen LogP) is 3.69. The molecule has 0 aliphatic rings. The van der Waals surface area contributed by atoms with Crippen molar-refractivity contribution >= 4 is 41.5 Å². The minimum Gasteiger partial charge on any atom is -0.497 e. The molecule has 3 rings (SSSR count). The van der Waals surface area contributed by atoms with E-state index in [-0.39, 0.29) is 24.0 Å². The van der Waals surface area contributed by atoms with Crippen molar-refractivity contribution in [2.45, 2.75) is 19.8 Å². The maximum atomic E-state index is 6.30. The Hall–Kier alpha value is -2.27. The third kappa shape index (κ3) is 6.91. The molecule has 2 heterocycles. The van der Waals surface area contributed by atoms with Gasteiger partial charge in [-0.05, 0) is 43.2 Å². The number of furan rings is 1. The lowest BCUT2D eigenvalue weighted by Crippen LogP contribution is -2.38. The van der Waals surface area contributed by atoms with Crippen LogP contribution in [0, 0.1) is 0 Å². The first-order valence-electron chi connectivity index (χ1n) is 9.49. The Labute approximate surface area is 197 Å². The number of ether oxygens (including phenoxy) is 1. The quantitative estimate of drug-likeness (QED) is 0.216. The van der Waals surface area contributed by atoms with Gasteiger partial charge in [-0.2, -0.15) is 5.10 Å². The summed E-state index contributed by atoms with van der Waals surface area (Å²) in [6, 6.07) is 9.35. The lowest BCUT2D eigenvalue weighted by Gasteiger charge is -2.12. The summed E-state index contributed by atoms with van der Waals surface area (Å²) in [5, 5.41) is 14.4. The average Bonchev–Trinajstić information content (AvgIpc) is 3.41. The van der Waals surface area contributed by atoms with Crippen LogP contribution in [-0.4, -0.2) is 47.9 Å². The largest absolute Gasteiger partial charge is 0.497 e. The normalized spacial score (nSPS) is 11.1. The summed E-state index contributed by atoms with van der Waals surface area (Å²) >= 11 is 6.30. The van der Waals surface area contributed by atoms with Gasteiger partial charge >= 0.3 is 0 Å². The number of hydrogen-bond acceptors (Lipinski definition) is 5. The number of aromatic amines is 1. The van der Waals surface area contributed by atoms with Gasteiger partial charge in [0.05, 0.1) is 13.4 Å². The van der Waals surface area contributed by atoms with Crippen LogP contribution in [0.1, 0.15) is 18.3 Å². The fourth-order valence-electron chi connectivity index (χ4n) is 2.71. The van der Waals surface area contributed by atoms with Crippen LogP contribution < -0.4 is 15.4 Å². The molecule has 0 amide bonds. The van der Waals surface area contributed by atoms with Gasteiger partial charge in [0.1, 0.15) is 11.6 Å². The number of guanidine groups is 1. The van der Waals surface area contributed by atoms with Gasteiger partial charge in [-0.15, -0.1) is 24.0 Å². The molecule has 0 bridgehead atoms. The summed E-state index contributed by atoms with van der Waals surface area (Å²) in [6.45, 7) is 4.10. The highest BCUT2D eigenvalue weighted by Crippen LogP contribution is 2.22. The number of nitrogens with one attached hydrogen (secondary N) is 3. The van der Waals surface area contributed by atoms with E-state index in [1.807, 2.05) is 37.3 Å². The van der Waals surface area contributed by atoms with Crippen molar-refractivity contribution in [3.05, 3.63) is 53.0 Å². The molecule has 0 fully saturated rings. The number of aromatic nitrogens is 3. The van der Waals surface area contributed by atoms with Crippen LogP contribution >= 0.6 is 35.6 Å². The Morgan fingerprint density at radius 2 is 2.13 bits per heavy atom. The third-order valence-electron chi connectivity index (χ3n) is 4.18. The van der Waals surface area contributed by atoms with Crippen molar-refractivity contribution in [1.82, 2.24) is 25.8 Å². The van der Waals surface area contributed by atoms with E-state index in [2.05, 4.69) is 30.8 Å². The highest BCUT2D eigenvalue weighted by molar-refractivity contribution is 14.0. The second kappa shape index (κ2) is 12.4. The van der Waals surface area contributed by atoms with Gasteiger partial charge in [0.25, 0.3) is 0 Å². The van der Waals surface area contributed by atoms with E-state index in [1.54, 1.807) is 13.4 Å². The molecule has 0 spiro atoms. The number of methoxy groups -OCH3 is 1. The zero-order valence-corrected chi connectivity index (χ0v) is 20.0. The van der Waals surface area contributed by atoms with E-state index in [4.69, 9.17) is 20.8 Å². The zero-order valence-electron chi connectivity index (χ0n) is 16.9. The van der Waals surface area contributed by atoms with Crippen LogP contribution in [0.3, 0.4) is 0 Å². The van der Waals surface area contributed by atoms with E-state index in [1.165, 1.54) is 0 Å². The summed E-state index contributed by atoms with van der Waals surface area (Å²) in [6.07, 6.45) is 3.03. The molecule has 0 aliphatic heterocycles. The summed E-state index contributed by atoms with van der Waals surface area (Å²) in [4.78, 5) is 9.02. The lowest BCUT2D eigenvalue weighted by molar-refractivity contribution is 0.414. The molecular formula is C20H26ClIN6O2. The number of nitrogens with zero attached hydrogens (tertiary/aromatic N) is 3. The number of benzene rings is 1. The van der Waals surface area contributed by atoms with Gasteiger partial charge in [-0.3, -0.25) is 10.1 Å². The second-order valence-electron chi connectivity index (χ2n) is 6.23. The molecule has 3 aromatic rings. The van der Waals surface area contributed by atoms with Crippen molar-refractivity contribution < 1.29 is 9.15 Å². The summed E-state index contributed by atoms with van der Waals surface area (Å²) in [5.74, 6) is 3.46. The molecule has 0 unspecified atom stereocenters. The standard InChI is InChI=1S/C20H25ClN6O2.HI/c1-3-22-20(23-10-8-14-6-7-15(28-2)13-16(14)21)24-11-9-18-25-19(27-26-18)17-5-4-12-29-17;/h4-7,12-13H,3,8-11H2,1-2H3,(H2,22,23,24)(H,25,26,27);1H. The molecule has 0 saturated carbocycles. The second-order valence-corrected chi connectivity index (χ2v) is 6.63.